The first-order valence-electron chi connectivity index (χ1n) is 9.28. The zero-order valence-corrected chi connectivity index (χ0v) is 17.1. The molecule has 10 heteroatoms. The number of nitrogens with two attached hydrogens (primary N) is 1. The van der Waals surface area contributed by atoms with Gasteiger partial charge in [-0.25, -0.2) is 13.1 Å². The van der Waals surface area contributed by atoms with E-state index < -0.39 is 33.4 Å². The van der Waals surface area contributed by atoms with E-state index in [1.807, 2.05) is 30.3 Å². The van der Waals surface area contributed by atoms with E-state index in [1.165, 1.54) is 24.3 Å². The van der Waals surface area contributed by atoms with Gasteiger partial charge in [0.1, 0.15) is 5.82 Å². The third-order valence-electron chi connectivity index (χ3n) is 4.99. The number of hydrogen-bond donors (Lipinski definition) is 3. The maximum atomic E-state index is 12.7. The normalized spacial score (nSPS) is 14.2. The van der Waals surface area contributed by atoms with Crippen LogP contribution in [0.2, 0.25) is 0 Å². The number of nitrogen functional groups attached to an aromatic ring is 1. The van der Waals surface area contributed by atoms with Crippen molar-refractivity contribution in [2.24, 2.45) is 0 Å². The number of imide groups is 1. The number of nitrogens with one attached hydrogen (secondary N) is 2. The van der Waals surface area contributed by atoms with Crippen LogP contribution in [-0.4, -0.2) is 24.8 Å². The molecule has 158 valence electrons. The molecule has 1 unspecified atom stereocenters. The lowest BCUT2D eigenvalue weighted by Crippen LogP contribution is -2.27. The van der Waals surface area contributed by atoms with Crippen LogP contribution in [0, 0.1) is 0 Å². The standard InChI is InChI=1S/C21H18N4O5S/c1-12(13-5-3-2-4-6-13)24-31(29,30)15-9-7-14(8-10-15)25-17(26)11-16-18(19(25)22)21(28)23-20(16)27/h2-12,24H,22H2,1H3,(H,23,27,28). The van der Waals surface area contributed by atoms with Gasteiger partial charge in [0.2, 0.25) is 10.0 Å². The Morgan fingerprint density at radius 2 is 1.61 bits per heavy atom. The Hall–Kier alpha value is -3.76. The van der Waals surface area contributed by atoms with Crippen LogP contribution < -0.4 is 21.3 Å². The lowest BCUT2D eigenvalue weighted by Gasteiger charge is -2.15. The molecule has 0 radical (unpaired) electrons. The van der Waals surface area contributed by atoms with E-state index in [4.69, 9.17) is 5.73 Å². The number of nitrogens with zero attached hydrogens (tertiary/aromatic N) is 1. The summed E-state index contributed by atoms with van der Waals surface area (Å²) in [4.78, 5) is 36.2. The molecule has 2 aromatic carbocycles. The number of hydrogen-bond acceptors (Lipinski definition) is 6. The van der Waals surface area contributed by atoms with Crippen molar-refractivity contribution in [2.75, 3.05) is 5.73 Å². The van der Waals surface area contributed by atoms with Gasteiger partial charge in [0.15, 0.2) is 0 Å². The second-order valence-electron chi connectivity index (χ2n) is 7.02. The Morgan fingerprint density at radius 1 is 0.968 bits per heavy atom. The van der Waals surface area contributed by atoms with Crippen molar-refractivity contribution in [1.29, 1.82) is 0 Å². The van der Waals surface area contributed by atoms with E-state index in [-0.39, 0.29) is 27.5 Å². The fraction of sp³-hybridized carbons (Fsp3) is 0.0952. The summed E-state index contributed by atoms with van der Waals surface area (Å²) in [5.74, 6) is -1.57. The maximum Gasteiger partial charge on any atom is 0.262 e. The summed E-state index contributed by atoms with van der Waals surface area (Å²) in [5, 5.41) is 2.09. The minimum Gasteiger partial charge on any atom is -0.384 e. The first-order chi connectivity index (χ1) is 14.7. The number of anilines is 1. The summed E-state index contributed by atoms with van der Waals surface area (Å²) in [6.07, 6.45) is 0. The summed E-state index contributed by atoms with van der Waals surface area (Å²) in [5.41, 5.74) is 6.28. The predicted octanol–water partition coefficient (Wildman–Crippen LogP) is 1.34. The quantitative estimate of drug-likeness (QED) is 0.514. The molecule has 2 heterocycles. The zero-order valence-electron chi connectivity index (χ0n) is 16.3. The minimum atomic E-state index is -3.83. The Kier molecular flexibility index (Phi) is 4.96. The van der Waals surface area contributed by atoms with Crippen LogP contribution in [0.1, 0.15) is 39.2 Å². The molecule has 0 bridgehead atoms. The summed E-state index contributed by atoms with van der Waals surface area (Å²) in [7, 11) is -3.83. The van der Waals surface area contributed by atoms with Gasteiger partial charge in [-0.1, -0.05) is 30.3 Å². The predicted molar refractivity (Wildman–Crippen MR) is 113 cm³/mol. The number of amides is 2. The minimum absolute atomic E-state index is 0.000248. The van der Waals surface area contributed by atoms with Crippen LogP contribution in [0.15, 0.2) is 70.4 Å². The van der Waals surface area contributed by atoms with Gasteiger partial charge in [-0.05, 0) is 36.8 Å². The number of aromatic nitrogens is 1. The molecular formula is C21H18N4O5S. The molecule has 3 aromatic rings. The maximum absolute atomic E-state index is 12.7. The Labute approximate surface area is 177 Å². The van der Waals surface area contributed by atoms with Crippen molar-refractivity contribution in [3.05, 3.63) is 87.7 Å². The number of sulfonamides is 1. The molecule has 1 aliphatic heterocycles. The third kappa shape index (κ3) is 3.62. The van der Waals surface area contributed by atoms with E-state index >= 15 is 0 Å². The number of pyridine rings is 1. The van der Waals surface area contributed by atoms with Crippen molar-refractivity contribution < 1.29 is 18.0 Å². The first kappa shape index (κ1) is 20.5. The smallest absolute Gasteiger partial charge is 0.262 e. The average molecular weight is 438 g/mol. The molecule has 0 spiro atoms. The number of carbonyl (C=O) groups is 2. The summed E-state index contributed by atoms with van der Waals surface area (Å²) in [6.45, 7) is 1.73. The molecule has 1 atom stereocenters. The SMILES string of the molecule is CC(NS(=O)(=O)c1ccc(-n2c(N)c3c(cc2=O)C(=O)NC3=O)cc1)c1ccccc1. The van der Waals surface area contributed by atoms with E-state index in [0.29, 0.717) is 0 Å². The lowest BCUT2D eigenvalue weighted by molar-refractivity contribution is 0.0880. The molecule has 4 rings (SSSR count). The van der Waals surface area contributed by atoms with Crippen LogP contribution in [0.4, 0.5) is 5.82 Å². The highest BCUT2D eigenvalue weighted by atomic mass is 32.2. The van der Waals surface area contributed by atoms with Gasteiger partial charge in [-0.3, -0.25) is 24.3 Å². The zero-order chi connectivity index (χ0) is 22.3. The number of carbonyl (C=O) groups excluding carboxylic acids is 2. The molecule has 0 fully saturated rings. The molecule has 0 aliphatic carbocycles. The van der Waals surface area contributed by atoms with Gasteiger partial charge in [0.25, 0.3) is 17.4 Å². The van der Waals surface area contributed by atoms with Crippen molar-refractivity contribution in [3.63, 3.8) is 0 Å². The number of benzene rings is 2. The van der Waals surface area contributed by atoms with Gasteiger partial charge in [-0.2, -0.15) is 0 Å². The van der Waals surface area contributed by atoms with E-state index in [1.54, 1.807) is 6.92 Å². The van der Waals surface area contributed by atoms with Gasteiger partial charge in [-0.15, -0.1) is 0 Å². The second-order valence-corrected chi connectivity index (χ2v) is 8.74. The Balaban J connectivity index is 1.67. The number of rotatable bonds is 5. The highest BCUT2D eigenvalue weighted by Gasteiger charge is 2.32. The van der Waals surface area contributed by atoms with Crippen LogP contribution in [0.3, 0.4) is 0 Å². The fourth-order valence-corrected chi connectivity index (χ4v) is 4.66. The molecule has 2 amide bonds. The van der Waals surface area contributed by atoms with Crippen molar-refractivity contribution in [1.82, 2.24) is 14.6 Å². The topological polar surface area (TPSA) is 140 Å². The molecule has 0 saturated carbocycles. The summed E-state index contributed by atoms with van der Waals surface area (Å²) in [6, 6.07) is 15.2. The average Bonchev–Trinajstić information content (AvgIpc) is 3.02. The lowest BCUT2D eigenvalue weighted by atomic mass is 10.1. The van der Waals surface area contributed by atoms with Crippen molar-refractivity contribution in [3.8, 4) is 5.69 Å². The molecule has 0 saturated heterocycles. The van der Waals surface area contributed by atoms with Crippen molar-refractivity contribution in [2.45, 2.75) is 17.9 Å². The number of fused-ring (bicyclic) bond motifs is 1. The molecule has 9 nitrogen and oxygen atoms in total. The summed E-state index contributed by atoms with van der Waals surface area (Å²) >= 11 is 0. The highest BCUT2D eigenvalue weighted by molar-refractivity contribution is 7.89. The van der Waals surface area contributed by atoms with Gasteiger partial charge < -0.3 is 5.73 Å². The molecule has 31 heavy (non-hydrogen) atoms. The van der Waals surface area contributed by atoms with E-state index in [2.05, 4.69) is 10.0 Å². The van der Waals surface area contributed by atoms with Gasteiger partial charge >= 0.3 is 0 Å². The molecule has 1 aliphatic rings. The van der Waals surface area contributed by atoms with Gasteiger partial charge in [0.05, 0.1) is 21.7 Å². The third-order valence-corrected chi connectivity index (χ3v) is 6.55. The van der Waals surface area contributed by atoms with Crippen LogP contribution in [0.5, 0.6) is 0 Å². The molecule has 4 N–H and O–H groups in total. The van der Waals surface area contributed by atoms with Crippen LogP contribution in [0.25, 0.3) is 5.69 Å². The fourth-order valence-electron chi connectivity index (χ4n) is 3.43. The Bertz CT molecular complexity index is 1360. The largest absolute Gasteiger partial charge is 0.384 e. The first-order valence-corrected chi connectivity index (χ1v) is 10.8. The molecule has 1 aromatic heterocycles. The van der Waals surface area contributed by atoms with Crippen molar-refractivity contribution >= 4 is 27.7 Å². The van der Waals surface area contributed by atoms with E-state index in [0.717, 1.165) is 16.2 Å². The Morgan fingerprint density at radius 3 is 2.26 bits per heavy atom. The van der Waals surface area contributed by atoms with E-state index in [9.17, 15) is 22.8 Å². The van der Waals surface area contributed by atoms with Crippen LogP contribution in [-0.2, 0) is 10.0 Å². The highest BCUT2D eigenvalue weighted by Crippen LogP contribution is 2.24. The summed E-state index contributed by atoms with van der Waals surface area (Å²) < 4.78 is 29.1. The molecular weight excluding hydrogens is 420 g/mol. The monoisotopic (exact) mass is 438 g/mol. The second kappa shape index (κ2) is 7.49. The van der Waals surface area contributed by atoms with Crippen LogP contribution >= 0.6 is 0 Å². The van der Waals surface area contributed by atoms with Gasteiger partial charge in [0, 0.05) is 12.1 Å².